The molecule has 0 spiro atoms. The molecule has 5 rings (SSSR count). The molecule has 0 radical (unpaired) electrons. The van der Waals surface area contributed by atoms with Crippen molar-refractivity contribution in [3.8, 4) is 0 Å². The molecule has 4 saturated heterocycles. The second-order valence-corrected chi connectivity index (χ2v) is 15.1. The number of anilines is 2. The van der Waals surface area contributed by atoms with Crippen LogP contribution in [0, 0.1) is 0 Å². The molecule has 0 saturated carbocycles. The van der Waals surface area contributed by atoms with Crippen molar-refractivity contribution in [2.45, 2.75) is 77.0 Å². The Morgan fingerprint density at radius 3 is 1.03 bits per heavy atom. The van der Waals surface area contributed by atoms with Gasteiger partial charge < -0.3 is 24.8 Å². The molecule has 37 heavy (non-hydrogen) atoms. The van der Waals surface area contributed by atoms with Crippen LogP contribution in [0.5, 0.6) is 0 Å². The molecule has 11 heteroatoms. The van der Waals surface area contributed by atoms with Crippen LogP contribution in [0.4, 0.5) is 11.4 Å². The van der Waals surface area contributed by atoms with E-state index in [-0.39, 0.29) is 24.8 Å². The van der Waals surface area contributed by atoms with E-state index in [1.807, 2.05) is 0 Å². The van der Waals surface area contributed by atoms with Gasteiger partial charge in [-0.1, -0.05) is 0 Å². The van der Waals surface area contributed by atoms with Crippen molar-refractivity contribution < 1.29 is 44.0 Å². The standard InChI is InChI=1S/C26H45N6P2.2ClH.Pd/c1-5-16-29(17-6-1)33(30-18-7-2-8-19-30)27-25-14-13-15-26(24-25)28-34(31-20-9-3-10-21-31)32-22-11-4-12-23-32;;;/h13-15,27-28H,1-12,16-23H2;2*1H;/q;;;+2/p-2. The minimum atomic E-state index is -0.497. The summed E-state index contributed by atoms with van der Waals surface area (Å²) in [5.74, 6) is 0. The summed E-state index contributed by atoms with van der Waals surface area (Å²) >= 11 is 3.71. The molecule has 1 aromatic carbocycles. The van der Waals surface area contributed by atoms with Gasteiger partial charge in [-0.3, -0.25) is 0 Å². The maximum atomic E-state index is 4.08. The van der Waals surface area contributed by atoms with E-state index < -0.39 is 16.7 Å². The molecule has 0 atom stereocenters. The summed E-state index contributed by atoms with van der Waals surface area (Å²) in [7, 11) is -0.994. The Balaban J connectivity index is 0.00000190. The Bertz CT molecular complexity index is 692. The zero-order chi connectivity index (χ0) is 23.9. The molecule has 0 aliphatic carbocycles. The molecule has 0 amide bonds. The first kappa shape index (κ1) is 32.3. The first-order chi connectivity index (χ1) is 17.3. The molecule has 0 unspecified atom stereocenters. The van der Waals surface area contributed by atoms with E-state index >= 15 is 0 Å². The van der Waals surface area contributed by atoms with Gasteiger partial charge in [0.1, 0.15) is 0 Å². The third-order valence-electron chi connectivity index (χ3n) is 7.81. The van der Waals surface area contributed by atoms with Gasteiger partial charge in [0.2, 0.25) is 0 Å². The van der Waals surface area contributed by atoms with Gasteiger partial charge in [0.15, 0.2) is 0 Å². The van der Waals surface area contributed by atoms with Gasteiger partial charge in [-0.2, -0.15) is 0 Å². The van der Waals surface area contributed by atoms with Crippen LogP contribution in [-0.2, 0) is 19.2 Å². The number of halogens is 2. The molecule has 0 bridgehead atoms. The van der Waals surface area contributed by atoms with Crippen LogP contribution in [0.15, 0.2) is 18.2 Å². The van der Waals surface area contributed by atoms with E-state index in [0.717, 1.165) is 0 Å². The molecule has 1 aromatic rings. The Morgan fingerprint density at radius 2 is 0.757 bits per heavy atom. The third-order valence-corrected chi connectivity index (χ3v) is 13.3. The summed E-state index contributed by atoms with van der Waals surface area (Å²) in [6.45, 7) is 9.91. The monoisotopic (exact) mass is 679 g/mol. The van der Waals surface area contributed by atoms with Gasteiger partial charge in [0.05, 0.1) is 0 Å². The molecular formula is C26H45Cl2N6P2Pd. The molecule has 4 heterocycles. The number of hydrogen-bond donors (Lipinski definition) is 2. The van der Waals surface area contributed by atoms with E-state index in [1.54, 1.807) is 0 Å². The van der Waals surface area contributed by atoms with Gasteiger partial charge in [0, 0.05) is 0 Å². The van der Waals surface area contributed by atoms with Crippen molar-refractivity contribution in [3.63, 3.8) is 0 Å². The fourth-order valence-electron chi connectivity index (χ4n) is 5.81. The van der Waals surface area contributed by atoms with Gasteiger partial charge in [-0.25, -0.2) is 0 Å². The van der Waals surface area contributed by atoms with Crippen LogP contribution in [0.25, 0.3) is 0 Å². The Labute approximate surface area is 251 Å². The van der Waals surface area contributed by atoms with Gasteiger partial charge in [-0.15, -0.1) is 0 Å². The average molecular weight is 681 g/mol. The predicted octanol–water partition coefficient (Wildman–Crippen LogP) is 0.0879. The van der Waals surface area contributed by atoms with Crippen LogP contribution >= 0.6 is 16.7 Å². The maximum absolute atomic E-state index is 4.08. The molecule has 213 valence electrons. The summed E-state index contributed by atoms with van der Waals surface area (Å²) in [6.07, 6.45) is 16.3. The Morgan fingerprint density at radius 1 is 0.486 bits per heavy atom. The molecule has 4 aliphatic rings. The number of piperidine rings is 4. The minimum absolute atomic E-state index is 0. The van der Waals surface area contributed by atoms with Crippen molar-refractivity contribution in [1.82, 2.24) is 18.7 Å². The first-order valence-electron chi connectivity index (χ1n) is 14.2. The normalized spacial score (nSPS) is 22.9. The van der Waals surface area contributed by atoms with Gasteiger partial charge in [-0.05, 0) is 0 Å². The Kier molecular flexibility index (Phi) is 14.7. The van der Waals surface area contributed by atoms with Crippen molar-refractivity contribution in [3.05, 3.63) is 18.2 Å². The molecule has 6 nitrogen and oxygen atoms in total. The van der Waals surface area contributed by atoms with Crippen LogP contribution in [0.1, 0.15) is 77.0 Å². The van der Waals surface area contributed by atoms with Crippen molar-refractivity contribution in [2.75, 3.05) is 62.5 Å². The topological polar surface area (TPSA) is 37.0 Å². The fraction of sp³-hybridized carbons (Fsp3) is 0.769. The van der Waals surface area contributed by atoms with E-state index in [9.17, 15) is 0 Å². The quantitative estimate of drug-likeness (QED) is 0.300. The van der Waals surface area contributed by atoms with Crippen molar-refractivity contribution >= 4 is 32.2 Å². The zero-order valence-electron chi connectivity index (χ0n) is 22.1. The Hall–Kier alpha value is 0.762. The molecule has 4 aliphatic heterocycles. The van der Waals surface area contributed by atoms with Crippen LogP contribution in [0.2, 0.25) is 0 Å². The summed E-state index contributed by atoms with van der Waals surface area (Å²) in [5, 5.41) is 8.16. The average Bonchev–Trinajstić information content (AvgIpc) is 2.94. The molecule has 2 N–H and O–H groups in total. The van der Waals surface area contributed by atoms with Crippen LogP contribution in [0.3, 0.4) is 0 Å². The number of benzene rings is 1. The van der Waals surface area contributed by atoms with Crippen LogP contribution in [-0.4, -0.2) is 71.0 Å². The summed E-state index contributed by atoms with van der Waals surface area (Å²) in [5.41, 5.74) is 2.54. The summed E-state index contributed by atoms with van der Waals surface area (Å²) in [4.78, 5) is 0. The number of nitrogens with zero attached hydrogens (tertiary/aromatic N) is 4. The second kappa shape index (κ2) is 16.9. The van der Waals surface area contributed by atoms with E-state index in [0.29, 0.717) is 0 Å². The number of nitrogens with one attached hydrogen (secondary N) is 2. The molecule has 0 aromatic heterocycles. The zero-order valence-corrected chi connectivity index (χ0v) is 27.0. The van der Waals surface area contributed by atoms with E-state index in [4.69, 9.17) is 0 Å². The van der Waals surface area contributed by atoms with E-state index in [1.165, 1.54) is 145 Å². The summed E-state index contributed by atoms with van der Waals surface area (Å²) < 4.78 is 12.3. The summed E-state index contributed by atoms with van der Waals surface area (Å²) in [6, 6.07) is 6.83. The van der Waals surface area contributed by atoms with Crippen molar-refractivity contribution in [1.29, 1.82) is 0 Å². The number of rotatable bonds is 8. The van der Waals surface area contributed by atoms with Gasteiger partial charge >= 0.3 is 228 Å². The SMILES string of the molecule is [Cl-].[Cl-].[Pd+2][c]1c(NP(N2CCCCC2)N2CCCCC2)cccc1NP(N1CCCCC1)N1CCCCC1. The predicted molar refractivity (Wildman–Crippen MR) is 149 cm³/mol. The first-order valence-corrected chi connectivity index (χ1v) is 17.5. The van der Waals surface area contributed by atoms with Gasteiger partial charge in [0.25, 0.3) is 0 Å². The third kappa shape index (κ3) is 8.87. The molecule has 4 fully saturated rings. The molecular weight excluding hydrogens is 636 g/mol. The van der Waals surface area contributed by atoms with Crippen LogP contribution < -0.4 is 39.0 Å². The fourth-order valence-corrected chi connectivity index (χ4v) is 11.3. The second-order valence-electron chi connectivity index (χ2n) is 10.5. The van der Waals surface area contributed by atoms with Crippen molar-refractivity contribution in [2.24, 2.45) is 0 Å². The number of hydrogen-bond acceptors (Lipinski definition) is 6. The van der Waals surface area contributed by atoms with E-state index in [2.05, 4.69) is 66.3 Å².